The molecule has 1 unspecified atom stereocenters. The van der Waals surface area contributed by atoms with E-state index in [1.165, 1.54) is 0 Å². The highest BCUT2D eigenvalue weighted by atomic mass is 32.1. The zero-order valence-corrected chi connectivity index (χ0v) is 11.6. The molecule has 1 amide bonds. The predicted molar refractivity (Wildman–Crippen MR) is 78.4 cm³/mol. The van der Waals surface area contributed by atoms with Gasteiger partial charge in [0.2, 0.25) is 0 Å². The Kier molecular flexibility index (Phi) is 3.52. The number of fused-ring (bicyclic) bond motifs is 1. The Morgan fingerprint density at radius 3 is 3.00 bits per heavy atom. The third-order valence-electron chi connectivity index (χ3n) is 3.33. The summed E-state index contributed by atoms with van der Waals surface area (Å²) in [4.78, 5) is 15.2. The van der Waals surface area contributed by atoms with Gasteiger partial charge >= 0.3 is 0 Å². The molecule has 2 N–H and O–H groups in total. The summed E-state index contributed by atoms with van der Waals surface area (Å²) >= 11 is 5.13. The van der Waals surface area contributed by atoms with Crippen LogP contribution in [0.15, 0.2) is 42.6 Å². The summed E-state index contributed by atoms with van der Waals surface area (Å²) in [5.41, 5.74) is 1.50. The molecule has 0 saturated heterocycles. The molecule has 0 spiro atoms. The van der Waals surface area contributed by atoms with Crippen LogP contribution in [0.1, 0.15) is 28.4 Å². The number of benzene rings is 1. The van der Waals surface area contributed by atoms with Crippen molar-refractivity contribution in [1.82, 2.24) is 10.3 Å². The summed E-state index contributed by atoms with van der Waals surface area (Å²) in [6, 6.07) is 11.2. The van der Waals surface area contributed by atoms with E-state index in [9.17, 15) is 4.79 Å². The number of carbonyl (C=O) groups is 1. The highest BCUT2D eigenvalue weighted by molar-refractivity contribution is 7.71. The van der Waals surface area contributed by atoms with Crippen LogP contribution < -0.4 is 10.1 Å². The molecule has 3 rings (SSSR count). The minimum atomic E-state index is -0.159. The third-order valence-corrected chi connectivity index (χ3v) is 3.66. The molecule has 4 nitrogen and oxygen atoms in total. The van der Waals surface area contributed by atoms with E-state index >= 15 is 0 Å². The molecule has 1 aromatic heterocycles. The zero-order valence-electron chi connectivity index (χ0n) is 10.8. The molecule has 5 heteroatoms. The number of para-hydroxylation sites is 1. The van der Waals surface area contributed by atoms with Gasteiger partial charge in [-0.25, -0.2) is 0 Å². The van der Waals surface area contributed by atoms with Crippen molar-refractivity contribution in [3.63, 3.8) is 0 Å². The van der Waals surface area contributed by atoms with Crippen LogP contribution in [0.4, 0.5) is 0 Å². The Morgan fingerprint density at radius 1 is 1.30 bits per heavy atom. The van der Waals surface area contributed by atoms with Gasteiger partial charge in [-0.2, -0.15) is 0 Å². The molecule has 102 valence electrons. The largest absolute Gasteiger partial charge is 0.493 e. The van der Waals surface area contributed by atoms with E-state index in [2.05, 4.69) is 10.3 Å². The highest BCUT2D eigenvalue weighted by Gasteiger charge is 2.23. The SMILES string of the molecule is O=C(NC1CCOc2ccccc21)c1ccc[nH]c1=S. The first kappa shape index (κ1) is 12.9. The number of rotatable bonds is 2. The van der Waals surface area contributed by atoms with Gasteiger partial charge in [0.25, 0.3) is 5.91 Å². The molecular weight excluding hydrogens is 272 g/mol. The van der Waals surface area contributed by atoms with Crippen molar-refractivity contribution >= 4 is 18.1 Å². The molecule has 20 heavy (non-hydrogen) atoms. The number of carbonyl (C=O) groups excluding carboxylic acids is 1. The summed E-state index contributed by atoms with van der Waals surface area (Å²) in [5, 5.41) is 3.03. The van der Waals surface area contributed by atoms with E-state index in [0.29, 0.717) is 16.8 Å². The summed E-state index contributed by atoms with van der Waals surface area (Å²) in [5.74, 6) is 0.677. The standard InChI is InChI=1S/C15H14N2O2S/c18-14(11-5-3-8-16-15(11)20)17-12-7-9-19-13-6-2-1-4-10(12)13/h1-6,8,12H,7,9H2,(H,16,20)(H,17,18). The van der Waals surface area contributed by atoms with E-state index in [1.54, 1.807) is 18.3 Å². The molecule has 0 bridgehead atoms. The molecule has 0 saturated carbocycles. The normalized spacial score (nSPS) is 16.9. The number of H-pyrrole nitrogens is 1. The predicted octanol–water partition coefficient (Wildman–Crippen LogP) is 3.00. The van der Waals surface area contributed by atoms with Crippen LogP contribution in [0, 0.1) is 4.64 Å². The number of hydrogen-bond donors (Lipinski definition) is 2. The third kappa shape index (κ3) is 2.44. The fourth-order valence-corrected chi connectivity index (χ4v) is 2.56. The molecule has 1 aliphatic rings. The Bertz CT molecular complexity index is 696. The lowest BCUT2D eigenvalue weighted by Crippen LogP contribution is -2.32. The average Bonchev–Trinajstić information content (AvgIpc) is 2.48. The first-order valence-corrected chi connectivity index (χ1v) is 6.87. The molecule has 1 atom stereocenters. The number of nitrogens with one attached hydrogen (secondary N) is 2. The summed E-state index contributed by atoms with van der Waals surface area (Å²) in [7, 11) is 0. The van der Waals surface area contributed by atoms with Crippen molar-refractivity contribution in [2.24, 2.45) is 0 Å². The fourth-order valence-electron chi connectivity index (χ4n) is 2.33. The van der Waals surface area contributed by atoms with Crippen LogP contribution in [0.5, 0.6) is 5.75 Å². The molecule has 2 heterocycles. The maximum Gasteiger partial charge on any atom is 0.254 e. The summed E-state index contributed by atoms with van der Waals surface area (Å²) < 4.78 is 6.04. The lowest BCUT2D eigenvalue weighted by molar-refractivity contribution is 0.0924. The minimum Gasteiger partial charge on any atom is -0.493 e. The van der Waals surface area contributed by atoms with Gasteiger partial charge < -0.3 is 15.0 Å². The first-order chi connectivity index (χ1) is 9.75. The van der Waals surface area contributed by atoms with Gasteiger partial charge in [-0.1, -0.05) is 30.4 Å². The van der Waals surface area contributed by atoms with Gasteiger partial charge in [0, 0.05) is 18.2 Å². The Morgan fingerprint density at radius 2 is 2.15 bits per heavy atom. The molecule has 1 aromatic carbocycles. The zero-order chi connectivity index (χ0) is 13.9. The number of aromatic nitrogens is 1. The van der Waals surface area contributed by atoms with Crippen LogP contribution in [0.2, 0.25) is 0 Å². The van der Waals surface area contributed by atoms with Crippen LogP contribution in [0.25, 0.3) is 0 Å². The second kappa shape index (κ2) is 5.46. The van der Waals surface area contributed by atoms with Crippen molar-refractivity contribution in [3.8, 4) is 5.75 Å². The Labute approximate surface area is 121 Å². The van der Waals surface area contributed by atoms with Gasteiger partial charge in [0.05, 0.1) is 18.2 Å². The molecule has 0 radical (unpaired) electrons. The number of aromatic amines is 1. The lowest BCUT2D eigenvalue weighted by Gasteiger charge is -2.26. The first-order valence-electron chi connectivity index (χ1n) is 6.46. The number of amides is 1. The fraction of sp³-hybridized carbons (Fsp3) is 0.200. The minimum absolute atomic E-state index is 0.0398. The molecule has 1 aliphatic heterocycles. The van der Waals surface area contributed by atoms with Crippen molar-refractivity contribution in [2.45, 2.75) is 12.5 Å². The second-order valence-corrected chi connectivity index (χ2v) is 5.02. The monoisotopic (exact) mass is 286 g/mol. The van der Waals surface area contributed by atoms with Crippen molar-refractivity contribution in [1.29, 1.82) is 0 Å². The van der Waals surface area contributed by atoms with Crippen LogP contribution in [0.3, 0.4) is 0 Å². The van der Waals surface area contributed by atoms with E-state index in [1.807, 2.05) is 24.3 Å². The number of ether oxygens (including phenoxy) is 1. The van der Waals surface area contributed by atoms with Crippen LogP contribution in [-0.4, -0.2) is 17.5 Å². The lowest BCUT2D eigenvalue weighted by atomic mass is 10.0. The van der Waals surface area contributed by atoms with E-state index in [0.717, 1.165) is 17.7 Å². The average molecular weight is 286 g/mol. The van der Waals surface area contributed by atoms with E-state index < -0.39 is 0 Å². The number of pyridine rings is 1. The Balaban J connectivity index is 1.85. The summed E-state index contributed by atoms with van der Waals surface area (Å²) in [6.45, 7) is 0.601. The van der Waals surface area contributed by atoms with Crippen molar-refractivity contribution in [3.05, 3.63) is 58.4 Å². The maximum atomic E-state index is 12.3. The van der Waals surface area contributed by atoms with Gasteiger partial charge in [-0.15, -0.1) is 0 Å². The molecular formula is C15H14N2O2S. The smallest absolute Gasteiger partial charge is 0.254 e. The number of hydrogen-bond acceptors (Lipinski definition) is 3. The van der Waals surface area contributed by atoms with E-state index in [4.69, 9.17) is 17.0 Å². The van der Waals surface area contributed by atoms with Gasteiger partial charge in [0.15, 0.2) is 0 Å². The van der Waals surface area contributed by atoms with Gasteiger partial charge in [0.1, 0.15) is 10.4 Å². The molecule has 2 aromatic rings. The van der Waals surface area contributed by atoms with Crippen LogP contribution >= 0.6 is 12.2 Å². The maximum absolute atomic E-state index is 12.3. The highest BCUT2D eigenvalue weighted by Crippen LogP contribution is 2.31. The van der Waals surface area contributed by atoms with Crippen molar-refractivity contribution < 1.29 is 9.53 Å². The molecule has 0 fully saturated rings. The van der Waals surface area contributed by atoms with Crippen molar-refractivity contribution in [2.75, 3.05) is 6.61 Å². The van der Waals surface area contributed by atoms with Gasteiger partial charge in [-0.3, -0.25) is 4.79 Å². The molecule has 0 aliphatic carbocycles. The second-order valence-electron chi connectivity index (χ2n) is 4.61. The topological polar surface area (TPSA) is 54.1 Å². The van der Waals surface area contributed by atoms with Gasteiger partial charge in [-0.05, 0) is 18.2 Å². The summed E-state index contributed by atoms with van der Waals surface area (Å²) in [6.07, 6.45) is 2.47. The Hall–Kier alpha value is -2.14. The quantitative estimate of drug-likeness (QED) is 0.834. The van der Waals surface area contributed by atoms with E-state index in [-0.39, 0.29) is 11.9 Å². The van der Waals surface area contributed by atoms with Crippen LogP contribution in [-0.2, 0) is 0 Å².